The Morgan fingerprint density at radius 3 is 2.40 bits per heavy atom. The van der Waals surface area contributed by atoms with Crippen molar-refractivity contribution < 1.29 is 32.3 Å². The van der Waals surface area contributed by atoms with Crippen LogP contribution in [-0.2, 0) is 4.57 Å². The number of hydrogen-bond acceptors (Lipinski definition) is 2. The molecule has 30 heavy (non-hydrogen) atoms. The van der Waals surface area contributed by atoms with Gasteiger partial charge in [0, 0.05) is 17.6 Å². The first-order valence-corrected chi connectivity index (χ1v) is 11.5. The molecule has 0 spiro atoms. The van der Waals surface area contributed by atoms with E-state index in [0.29, 0.717) is 31.2 Å². The van der Waals surface area contributed by atoms with Gasteiger partial charge in [-0.25, -0.2) is 0 Å². The Morgan fingerprint density at radius 2 is 1.70 bits per heavy atom. The lowest BCUT2D eigenvalue weighted by Gasteiger charge is -2.17. The Morgan fingerprint density at radius 1 is 1.00 bits per heavy atom. The van der Waals surface area contributed by atoms with E-state index < -0.39 is 26.2 Å². The van der Waals surface area contributed by atoms with Gasteiger partial charge in [-0.05, 0) is 41.2 Å². The average molecular weight is 441 g/mol. The van der Waals surface area contributed by atoms with Gasteiger partial charge in [0.15, 0.2) is 0 Å². The van der Waals surface area contributed by atoms with Crippen LogP contribution in [0.25, 0.3) is 11.1 Å². The van der Waals surface area contributed by atoms with Crippen LogP contribution in [0.4, 0.5) is 13.2 Å². The molecule has 3 N–H and O–H groups in total. The summed E-state index contributed by atoms with van der Waals surface area (Å²) in [6.45, 7) is -1.39. The number of unbranched alkanes of at least 4 members (excludes halogenated alkanes) is 2. The summed E-state index contributed by atoms with van der Waals surface area (Å²) in [5.74, 6) is -0.914. The summed E-state index contributed by atoms with van der Waals surface area (Å²) >= 11 is 0. The summed E-state index contributed by atoms with van der Waals surface area (Å²) < 4.78 is 48.7. The molecule has 1 aliphatic rings. The molecule has 0 fully saturated rings. The van der Waals surface area contributed by atoms with Gasteiger partial charge < -0.3 is 15.1 Å². The van der Waals surface area contributed by atoms with Crippen LogP contribution < -0.4 is 5.32 Å². The first-order chi connectivity index (χ1) is 14.1. The standard InChI is InChI=1S/C21H23F3NO4P/c22-21(23,24)13-25-20(26)18-11-6-10-17-15-8-4-3-7-14(15)16(19(17)18)9-2-1-5-12-30(27,28)29/h3-4,6-8,10-11,16H,1-2,5,9,12-13H2,(H,25,26)(H2,27,28,29). The van der Waals surface area contributed by atoms with Crippen LogP contribution in [0, 0.1) is 0 Å². The molecule has 2 aromatic rings. The van der Waals surface area contributed by atoms with Gasteiger partial charge in [0.05, 0.1) is 0 Å². The van der Waals surface area contributed by atoms with Crippen LogP contribution in [-0.4, -0.2) is 34.6 Å². The van der Waals surface area contributed by atoms with Crippen LogP contribution in [0.2, 0.25) is 0 Å². The highest BCUT2D eigenvalue weighted by Crippen LogP contribution is 2.48. The highest BCUT2D eigenvalue weighted by atomic mass is 31.2. The van der Waals surface area contributed by atoms with Crippen molar-refractivity contribution in [2.24, 2.45) is 0 Å². The molecule has 3 rings (SSSR count). The first kappa shape index (κ1) is 22.5. The number of amides is 1. The third-order valence-corrected chi connectivity index (χ3v) is 6.12. The summed E-state index contributed by atoms with van der Waals surface area (Å²) in [6.07, 6.45) is -2.35. The van der Waals surface area contributed by atoms with Gasteiger partial charge >= 0.3 is 13.8 Å². The molecule has 5 nitrogen and oxygen atoms in total. The second-order valence-electron chi connectivity index (χ2n) is 7.44. The second-order valence-corrected chi connectivity index (χ2v) is 9.22. The highest BCUT2D eigenvalue weighted by molar-refractivity contribution is 7.51. The number of rotatable bonds is 8. The zero-order chi connectivity index (χ0) is 21.9. The van der Waals surface area contributed by atoms with Crippen LogP contribution in [0.5, 0.6) is 0 Å². The Hall–Kier alpha value is -2.15. The van der Waals surface area contributed by atoms with Crippen molar-refractivity contribution in [2.45, 2.75) is 37.8 Å². The molecule has 0 saturated carbocycles. The Kier molecular flexibility index (Phi) is 6.70. The van der Waals surface area contributed by atoms with Crippen molar-refractivity contribution in [1.29, 1.82) is 0 Å². The van der Waals surface area contributed by atoms with E-state index in [1.807, 2.05) is 35.6 Å². The largest absolute Gasteiger partial charge is 0.405 e. The molecule has 1 amide bonds. The normalized spacial score (nSPS) is 15.6. The third-order valence-electron chi connectivity index (χ3n) is 5.22. The predicted octanol–water partition coefficient (Wildman–Crippen LogP) is 4.83. The van der Waals surface area contributed by atoms with Crippen molar-refractivity contribution in [3.63, 3.8) is 0 Å². The van der Waals surface area contributed by atoms with Crippen molar-refractivity contribution in [1.82, 2.24) is 5.32 Å². The topological polar surface area (TPSA) is 86.6 Å². The van der Waals surface area contributed by atoms with Gasteiger partial charge in [-0.15, -0.1) is 0 Å². The van der Waals surface area contributed by atoms with E-state index in [0.717, 1.165) is 16.7 Å². The zero-order valence-electron chi connectivity index (χ0n) is 16.2. The monoisotopic (exact) mass is 441 g/mol. The molecule has 0 bridgehead atoms. The minimum Gasteiger partial charge on any atom is -0.343 e. The molecule has 2 aromatic carbocycles. The van der Waals surface area contributed by atoms with Crippen LogP contribution in [0.1, 0.15) is 53.1 Å². The van der Waals surface area contributed by atoms with E-state index in [1.165, 1.54) is 6.07 Å². The number of halogens is 3. The maximum atomic E-state index is 12.6. The molecule has 1 unspecified atom stereocenters. The Labute approximate surface area is 172 Å². The fourth-order valence-corrected chi connectivity index (χ4v) is 4.63. The lowest BCUT2D eigenvalue weighted by atomic mass is 9.88. The maximum Gasteiger partial charge on any atom is 0.405 e. The van der Waals surface area contributed by atoms with Gasteiger partial charge in [-0.1, -0.05) is 49.2 Å². The molecule has 1 aliphatic carbocycles. The highest BCUT2D eigenvalue weighted by Gasteiger charge is 2.33. The Bertz CT molecular complexity index is 971. The quantitative estimate of drug-likeness (QED) is 0.405. The van der Waals surface area contributed by atoms with Gasteiger partial charge in [0.25, 0.3) is 5.91 Å². The number of benzene rings is 2. The molecular formula is C21H23F3NO4P. The molecule has 0 aliphatic heterocycles. The number of alkyl halides is 3. The van der Waals surface area contributed by atoms with Crippen LogP contribution in [0.3, 0.4) is 0 Å². The van der Waals surface area contributed by atoms with Crippen molar-refractivity contribution in [3.8, 4) is 11.1 Å². The SMILES string of the molecule is O=C(NCC(F)(F)F)c1cccc2c1C(CCCCCP(=O)(O)O)c1ccccc1-2. The van der Waals surface area contributed by atoms with E-state index in [2.05, 4.69) is 0 Å². The lowest BCUT2D eigenvalue weighted by Crippen LogP contribution is -2.34. The van der Waals surface area contributed by atoms with Crippen LogP contribution >= 0.6 is 7.60 Å². The minimum atomic E-state index is -4.49. The predicted molar refractivity (Wildman–Crippen MR) is 107 cm³/mol. The van der Waals surface area contributed by atoms with Gasteiger partial charge in [0.2, 0.25) is 0 Å². The summed E-state index contributed by atoms with van der Waals surface area (Å²) in [6, 6.07) is 12.7. The molecular weight excluding hydrogens is 418 g/mol. The zero-order valence-corrected chi connectivity index (χ0v) is 17.0. The number of nitrogens with one attached hydrogen (secondary N) is 1. The minimum absolute atomic E-state index is 0.154. The Balaban J connectivity index is 1.83. The van der Waals surface area contributed by atoms with Gasteiger partial charge in [0.1, 0.15) is 6.54 Å². The van der Waals surface area contributed by atoms with E-state index in [9.17, 15) is 22.5 Å². The summed E-state index contributed by atoms with van der Waals surface area (Å²) in [4.78, 5) is 30.5. The molecule has 9 heteroatoms. The van der Waals surface area contributed by atoms with E-state index in [4.69, 9.17) is 9.79 Å². The molecule has 0 heterocycles. The fraction of sp³-hybridized carbons (Fsp3) is 0.381. The summed E-state index contributed by atoms with van der Waals surface area (Å²) in [5.41, 5.74) is 3.75. The molecule has 0 saturated heterocycles. The molecule has 0 aromatic heterocycles. The number of hydrogen-bond donors (Lipinski definition) is 3. The molecule has 1 atom stereocenters. The maximum absolute atomic E-state index is 12.6. The fourth-order valence-electron chi connectivity index (χ4n) is 3.99. The van der Waals surface area contributed by atoms with Crippen molar-refractivity contribution >= 4 is 13.5 Å². The van der Waals surface area contributed by atoms with E-state index in [-0.39, 0.29) is 17.6 Å². The van der Waals surface area contributed by atoms with Crippen LogP contribution in [0.15, 0.2) is 42.5 Å². The van der Waals surface area contributed by atoms with Gasteiger partial charge in [-0.2, -0.15) is 13.2 Å². The number of carbonyl (C=O) groups is 1. The smallest absolute Gasteiger partial charge is 0.343 e. The number of fused-ring (bicyclic) bond motifs is 3. The lowest BCUT2D eigenvalue weighted by molar-refractivity contribution is -0.123. The average Bonchev–Trinajstić information content (AvgIpc) is 2.98. The summed E-state index contributed by atoms with van der Waals surface area (Å²) in [7, 11) is -4.02. The van der Waals surface area contributed by atoms with Gasteiger partial charge in [-0.3, -0.25) is 9.36 Å². The number of carbonyl (C=O) groups excluding carboxylic acids is 1. The third kappa shape index (κ3) is 5.50. The molecule has 162 valence electrons. The van der Waals surface area contributed by atoms with E-state index in [1.54, 1.807) is 6.07 Å². The summed E-state index contributed by atoms with van der Waals surface area (Å²) in [5, 5.41) is 1.96. The van der Waals surface area contributed by atoms with E-state index >= 15 is 0 Å². The first-order valence-electron chi connectivity index (χ1n) is 9.68. The van der Waals surface area contributed by atoms with Crippen molar-refractivity contribution in [2.75, 3.05) is 12.7 Å². The second kappa shape index (κ2) is 8.92. The molecule has 0 radical (unpaired) electrons. The van der Waals surface area contributed by atoms with Crippen molar-refractivity contribution in [3.05, 3.63) is 59.2 Å².